The lowest BCUT2D eigenvalue weighted by atomic mass is 9.72. The summed E-state index contributed by atoms with van der Waals surface area (Å²) in [5, 5.41) is 6.11. The van der Waals surface area contributed by atoms with Crippen LogP contribution in [0.5, 0.6) is 0 Å². The number of benzene rings is 1. The van der Waals surface area contributed by atoms with E-state index in [1.165, 1.54) is 19.3 Å². The Kier molecular flexibility index (Phi) is 12.1. The number of anilines is 3. The first kappa shape index (κ1) is 47.1. The summed E-state index contributed by atoms with van der Waals surface area (Å²) in [4.78, 5) is 97.9. The minimum absolute atomic E-state index is 0.100. The second-order valence-electron chi connectivity index (χ2n) is 23.0. The van der Waals surface area contributed by atoms with Crippen molar-refractivity contribution in [1.29, 1.82) is 0 Å². The largest absolute Gasteiger partial charge is 0.366 e. The standard InChI is InChI=1S/C55H70N12O5/c1-34(2)66-33-58-44-30-43(60-48(47(44)66)59-38-8-9-38)36-7-11-42-45(27-36)67(40-28-39(29-40)62-19-5-4-6-20-62)52(72)55(42)17-25-64(26-18-55)51(71)54(3)15-23-63(24-16-54)50(70)35-13-21-65(22-14-35)53-56-31-37(32-57-53)41-10-12-46(68)61-49(41)69/h7,11,27,30-35,38-41H,4-6,8-10,12-26,28-29H2,1-3H3,(H,59,60)(H,61,68,69). The van der Waals surface area contributed by atoms with Crippen LogP contribution >= 0.6 is 0 Å². The molecule has 17 heteroatoms. The number of likely N-dealkylation sites (tertiary alicyclic amines) is 3. The Bertz CT molecular complexity index is 2770. The quantitative estimate of drug-likeness (QED) is 0.169. The van der Waals surface area contributed by atoms with Crippen LogP contribution in [0.3, 0.4) is 0 Å². The summed E-state index contributed by atoms with van der Waals surface area (Å²) in [6.07, 6.45) is 17.8. The molecular formula is C55H70N12O5. The van der Waals surface area contributed by atoms with E-state index < -0.39 is 16.7 Å². The highest BCUT2D eigenvalue weighted by Gasteiger charge is 2.56. The molecule has 3 aromatic heterocycles. The van der Waals surface area contributed by atoms with E-state index in [-0.39, 0.29) is 47.5 Å². The molecule has 72 heavy (non-hydrogen) atoms. The van der Waals surface area contributed by atoms with Gasteiger partial charge in [0.15, 0.2) is 5.82 Å². The Balaban J connectivity index is 0.705. The van der Waals surface area contributed by atoms with Gasteiger partial charge in [0.1, 0.15) is 5.52 Å². The highest BCUT2D eigenvalue weighted by atomic mass is 16.2. The molecule has 5 saturated heterocycles. The van der Waals surface area contributed by atoms with E-state index in [4.69, 9.17) is 9.97 Å². The van der Waals surface area contributed by atoms with Crippen LogP contribution in [-0.4, -0.2) is 139 Å². The third kappa shape index (κ3) is 8.40. The minimum atomic E-state index is -0.690. The van der Waals surface area contributed by atoms with Crippen molar-refractivity contribution in [2.45, 2.75) is 153 Å². The molecule has 2 saturated carbocycles. The summed E-state index contributed by atoms with van der Waals surface area (Å²) in [6.45, 7) is 12.2. The maximum Gasteiger partial charge on any atom is 0.238 e. The van der Waals surface area contributed by atoms with Gasteiger partial charge in [-0.3, -0.25) is 29.3 Å². The lowest BCUT2D eigenvalue weighted by Crippen LogP contribution is -2.59. The number of carbonyl (C=O) groups is 5. The van der Waals surface area contributed by atoms with Crippen LogP contribution in [0.1, 0.15) is 140 Å². The zero-order valence-electron chi connectivity index (χ0n) is 42.3. The van der Waals surface area contributed by atoms with Crippen LogP contribution in [0.4, 0.5) is 17.5 Å². The van der Waals surface area contributed by atoms with Crippen molar-refractivity contribution in [2.24, 2.45) is 11.3 Å². The number of imidazole rings is 1. The van der Waals surface area contributed by atoms with Crippen molar-refractivity contribution >= 4 is 58.0 Å². The van der Waals surface area contributed by atoms with Gasteiger partial charge in [-0.05, 0) is 128 Å². The molecular weight excluding hydrogens is 909 g/mol. The van der Waals surface area contributed by atoms with Crippen molar-refractivity contribution in [3.63, 3.8) is 0 Å². The number of rotatable bonds is 10. The molecule has 5 amide bonds. The Labute approximate surface area is 421 Å². The van der Waals surface area contributed by atoms with E-state index in [0.717, 1.165) is 78.1 Å². The van der Waals surface area contributed by atoms with Crippen LogP contribution in [-0.2, 0) is 29.4 Å². The Hall–Kier alpha value is -5.97. The van der Waals surface area contributed by atoms with Gasteiger partial charge in [-0.15, -0.1) is 0 Å². The number of fused-ring (bicyclic) bond motifs is 3. The number of aromatic nitrogens is 5. The fraction of sp³-hybridized carbons (Fsp3) is 0.618. The lowest BCUT2D eigenvalue weighted by molar-refractivity contribution is -0.150. The summed E-state index contributed by atoms with van der Waals surface area (Å²) in [6, 6.07) is 9.99. The molecule has 12 rings (SSSR count). The first-order chi connectivity index (χ1) is 34.9. The third-order valence-corrected chi connectivity index (χ3v) is 18.1. The zero-order valence-corrected chi connectivity index (χ0v) is 42.3. The normalized spacial score (nSPS) is 25.8. The number of nitrogens with zero attached hydrogens (tertiary/aromatic N) is 10. The van der Waals surface area contributed by atoms with Crippen LogP contribution < -0.4 is 20.4 Å². The van der Waals surface area contributed by atoms with E-state index >= 15 is 4.79 Å². The molecule has 1 spiro atoms. The van der Waals surface area contributed by atoms with Crippen molar-refractivity contribution in [2.75, 3.05) is 67.5 Å². The summed E-state index contributed by atoms with van der Waals surface area (Å²) in [5.74, 6) is 0.852. The Morgan fingerprint density at radius 2 is 1.50 bits per heavy atom. The van der Waals surface area contributed by atoms with Gasteiger partial charge in [-0.25, -0.2) is 19.9 Å². The van der Waals surface area contributed by atoms with Crippen molar-refractivity contribution < 1.29 is 24.0 Å². The van der Waals surface area contributed by atoms with E-state index in [2.05, 4.69) is 84.9 Å². The van der Waals surface area contributed by atoms with Crippen LogP contribution in [0.2, 0.25) is 0 Å². The van der Waals surface area contributed by atoms with Gasteiger partial charge in [0, 0.05) is 110 Å². The molecule has 1 atom stereocenters. The number of hydrogen-bond donors (Lipinski definition) is 2. The second-order valence-corrected chi connectivity index (χ2v) is 23.0. The fourth-order valence-corrected chi connectivity index (χ4v) is 13.2. The number of amides is 5. The van der Waals surface area contributed by atoms with Crippen molar-refractivity contribution in [3.05, 3.63) is 54.1 Å². The Morgan fingerprint density at radius 3 is 2.18 bits per heavy atom. The van der Waals surface area contributed by atoms with Gasteiger partial charge in [0.05, 0.1) is 28.9 Å². The number of piperidine rings is 5. The van der Waals surface area contributed by atoms with E-state index in [0.29, 0.717) is 114 Å². The summed E-state index contributed by atoms with van der Waals surface area (Å²) >= 11 is 0. The number of nitrogens with one attached hydrogen (secondary N) is 2. The van der Waals surface area contributed by atoms with E-state index in [1.807, 2.05) is 16.1 Å². The second kappa shape index (κ2) is 18.5. The molecule has 7 fully saturated rings. The molecule has 0 radical (unpaired) electrons. The highest BCUT2D eigenvalue weighted by molar-refractivity contribution is 6.09. The molecule has 17 nitrogen and oxygen atoms in total. The fourth-order valence-electron chi connectivity index (χ4n) is 13.2. The summed E-state index contributed by atoms with van der Waals surface area (Å²) in [5.41, 5.74) is 5.30. The number of hydrogen-bond acceptors (Lipinski definition) is 12. The SMILES string of the molecule is CC(C)n1cnc2cc(-c3ccc4c(c3)N(C3CC(N5CCCCC5)C3)C(=O)C43CCN(C(=O)C4(C)CCN(C(=O)C5CCN(c6ncc(C7CCC(=O)NC7=O)cn6)CC5)CC4)CC3)nc(NC3CC3)c21. The number of pyridine rings is 1. The average Bonchev–Trinajstić information content (AvgIpc) is 4.05. The summed E-state index contributed by atoms with van der Waals surface area (Å²) < 4.78 is 2.20. The number of carbonyl (C=O) groups excluding carboxylic acids is 5. The Morgan fingerprint density at radius 1 is 0.792 bits per heavy atom. The lowest BCUT2D eigenvalue weighted by Gasteiger charge is -2.48. The average molecular weight is 979 g/mol. The predicted molar refractivity (Wildman–Crippen MR) is 273 cm³/mol. The van der Waals surface area contributed by atoms with Gasteiger partial charge in [-0.2, -0.15) is 0 Å². The smallest absolute Gasteiger partial charge is 0.238 e. The van der Waals surface area contributed by atoms with Gasteiger partial charge >= 0.3 is 0 Å². The van der Waals surface area contributed by atoms with E-state index in [1.54, 1.807) is 12.4 Å². The molecule has 0 bridgehead atoms. The molecule has 1 aromatic carbocycles. The predicted octanol–water partition coefficient (Wildman–Crippen LogP) is 6.33. The van der Waals surface area contributed by atoms with Gasteiger partial charge in [0.25, 0.3) is 0 Å². The molecule has 2 N–H and O–H groups in total. The van der Waals surface area contributed by atoms with Crippen LogP contribution in [0.25, 0.3) is 22.3 Å². The van der Waals surface area contributed by atoms with Gasteiger partial charge in [-0.1, -0.05) is 25.5 Å². The molecule has 4 aromatic rings. The molecule has 6 aliphatic heterocycles. The maximum absolute atomic E-state index is 15.3. The number of imide groups is 1. The van der Waals surface area contributed by atoms with Crippen molar-refractivity contribution in [3.8, 4) is 11.3 Å². The highest BCUT2D eigenvalue weighted by Crippen LogP contribution is 2.53. The third-order valence-electron chi connectivity index (χ3n) is 18.1. The molecule has 2 aliphatic carbocycles. The minimum Gasteiger partial charge on any atom is -0.366 e. The molecule has 8 aliphatic rings. The molecule has 380 valence electrons. The van der Waals surface area contributed by atoms with E-state index in [9.17, 15) is 19.2 Å². The van der Waals surface area contributed by atoms with Crippen molar-refractivity contribution in [1.82, 2.24) is 44.5 Å². The first-order valence-corrected chi connectivity index (χ1v) is 27.2. The molecule has 9 heterocycles. The van der Waals surface area contributed by atoms with Gasteiger partial charge < -0.3 is 34.4 Å². The maximum atomic E-state index is 15.3. The zero-order chi connectivity index (χ0) is 49.5. The van der Waals surface area contributed by atoms with Crippen LogP contribution in [0, 0.1) is 11.3 Å². The monoisotopic (exact) mass is 979 g/mol. The summed E-state index contributed by atoms with van der Waals surface area (Å²) in [7, 11) is 0. The van der Waals surface area contributed by atoms with Gasteiger partial charge in [0.2, 0.25) is 35.5 Å². The molecule has 1 unspecified atom stereocenters. The van der Waals surface area contributed by atoms with Crippen LogP contribution in [0.15, 0.2) is 43.0 Å². The first-order valence-electron chi connectivity index (χ1n) is 27.2. The topological polar surface area (TPSA) is 182 Å².